The lowest BCUT2D eigenvalue weighted by Gasteiger charge is -2.19. The lowest BCUT2D eigenvalue weighted by Crippen LogP contribution is -2.29. The summed E-state index contributed by atoms with van der Waals surface area (Å²) >= 11 is 0. The Balaban J connectivity index is 3.91. The SMILES string of the molecule is CC/C=C\C/C=C\C/C=C\C/C=C\C/C=C\CCCCCCCCCCCCCCCCCCCC(=O)OC(COC(=O)CCCCCCC/C=C\CCCCCCCCC)COP(=O)(O)OCCN. The van der Waals surface area contributed by atoms with E-state index in [1.54, 1.807) is 0 Å². The third kappa shape index (κ3) is 54.8. The van der Waals surface area contributed by atoms with Gasteiger partial charge in [0.2, 0.25) is 0 Å². The van der Waals surface area contributed by atoms with E-state index in [0.717, 1.165) is 89.9 Å². The van der Waals surface area contributed by atoms with E-state index in [-0.39, 0.29) is 38.6 Å². The van der Waals surface area contributed by atoms with Gasteiger partial charge in [-0.1, -0.05) is 241 Å². The van der Waals surface area contributed by atoms with Crippen molar-refractivity contribution in [2.75, 3.05) is 26.4 Å². The van der Waals surface area contributed by atoms with Crippen LogP contribution in [0.25, 0.3) is 0 Å². The molecule has 0 heterocycles. The molecule has 3 N–H and O–H groups in total. The molecule has 0 aromatic heterocycles. The van der Waals surface area contributed by atoms with Crippen LogP contribution in [0.1, 0.15) is 264 Å². The summed E-state index contributed by atoms with van der Waals surface area (Å²) in [5.41, 5.74) is 5.38. The number of carbonyl (C=O) groups is 2. The molecule has 0 spiro atoms. The average Bonchev–Trinajstić information content (AvgIpc) is 3.35. The smallest absolute Gasteiger partial charge is 0.462 e. The number of allylic oxidation sites excluding steroid dienone is 12. The van der Waals surface area contributed by atoms with E-state index < -0.39 is 26.5 Å². The van der Waals surface area contributed by atoms with Gasteiger partial charge in [0, 0.05) is 19.4 Å². The van der Waals surface area contributed by atoms with Gasteiger partial charge in [-0.25, -0.2) is 4.57 Å². The van der Waals surface area contributed by atoms with Crippen molar-refractivity contribution >= 4 is 19.8 Å². The van der Waals surface area contributed by atoms with Crippen molar-refractivity contribution in [1.82, 2.24) is 0 Å². The largest absolute Gasteiger partial charge is 0.472 e. The molecule has 2 unspecified atom stereocenters. The Hall–Kier alpha value is -2.55. The number of unbranched alkanes of at least 4 members (excludes halogenated alkanes) is 29. The van der Waals surface area contributed by atoms with E-state index in [9.17, 15) is 19.0 Å². The Bertz CT molecular complexity index is 1370. The predicted octanol–water partition coefficient (Wildman–Crippen LogP) is 18.1. The molecule has 70 heavy (non-hydrogen) atoms. The van der Waals surface area contributed by atoms with Crippen LogP contribution in [-0.2, 0) is 32.7 Å². The van der Waals surface area contributed by atoms with Crippen molar-refractivity contribution in [3.63, 3.8) is 0 Å². The minimum atomic E-state index is -4.39. The fourth-order valence-electron chi connectivity index (χ4n) is 8.07. The molecule has 406 valence electrons. The predicted molar refractivity (Wildman–Crippen MR) is 298 cm³/mol. The summed E-state index contributed by atoms with van der Waals surface area (Å²) in [5, 5.41) is 0. The van der Waals surface area contributed by atoms with Crippen LogP contribution in [0.4, 0.5) is 0 Å². The first kappa shape index (κ1) is 67.5. The van der Waals surface area contributed by atoms with Crippen molar-refractivity contribution in [3.8, 4) is 0 Å². The van der Waals surface area contributed by atoms with Crippen LogP contribution in [0.2, 0.25) is 0 Å². The van der Waals surface area contributed by atoms with Crippen LogP contribution < -0.4 is 5.73 Å². The zero-order valence-corrected chi connectivity index (χ0v) is 46.1. The quantitative estimate of drug-likeness (QED) is 0.0264. The highest BCUT2D eigenvalue weighted by molar-refractivity contribution is 7.47. The van der Waals surface area contributed by atoms with Crippen LogP contribution in [0, 0.1) is 0 Å². The zero-order valence-electron chi connectivity index (χ0n) is 45.2. The lowest BCUT2D eigenvalue weighted by molar-refractivity contribution is -0.161. The highest BCUT2D eigenvalue weighted by Crippen LogP contribution is 2.43. The Labute approximate surface area is 431 Å². The average molecular weight is 1000 g/mol. The number of nitrogens with two attached hydrogens (primary N) is 1. The van der Waals surface area contributed by atoms with Gasteiger partial charge in [-0.15, -0.1) is 0 Å². The number of phosphoric ester groups is 1. The monoisotopic (exact) mass is 1000 g/mol. The molecule has 10 heteroatoms. The molecule has 0 bridgehead atoms. The van der Waals surface area contributed by atoms with Crippen LogP contribution >= 0.6 is 7.82 Å². The number of hydrogen-bond donors (Lipinski definition) is 2. The number of hydrogen-bond acceptors (Lipinski definition) is 8. The van der Waals surface area contributed by atoms with E-state index in [0.29, 0.717) is 6.42 Å². The molecule has 0 aromatic rings. The molecule has 0 aliphatic carbocycles. The van der Waals surface area contributed by atoms with Gasteiger partial charge in [-0.2, -0.15) is 0 Å². The van der Waals surface area contributed by atoms with Gasteiger partial charge in [0.15, 0.2) is 6.10 Å². The molecule has 0 radical (unpaired) electrons. The summed E-state index contributed by atoms with van der Waals surface area (Å²) in [5.74, 6) is -0.831. The summed E-state index contributed by atoms with van der Waals surface area (Å²) in [7, 11) is -4.39. The Morgan fingerprint density at radius 2 is 0.786 bits per heavy atom. The number of phosphoric acid groups is 1. The first-order chi connectivity index (χ1) is 34.3. The second kappa shape index (κ2) is 55.8. The molecular weight excluding hydrogens is 894 g/mol. The number of rotatable bonds is 54. The first-order valence-electron chi connectivity index (χ1n) is 28.9. The maximum Gasteiger partial charge on any atom is 0.472 e. The van der Waals surface area contributed by atoms with Crippen molar-refractivity contribution < 1.29 is 37.6 Å². The summed E-state index contributed by atoms with van der Waals surface area (Å²) in [6.45, 7) is 3.64. The normalized spacial score (nSPS) is 13.6. The summed E-state index contributed by atoms with van der Waals surface area (Å²) in [6, 6.07) is 0. The van der Waals surface area contributed by atoms with Crippen LogP contribution in [0.5, 0.6) is 0 Å². The third-order valence-electron chi connectivity index (χ3n) is 12.3. The van der Waals surface area contributed by atoms with Gasteiger partial charge < -0.3 is 20.1 Å². The Kier molecular flexibility index (Phi) is 53.7. The maximum absolute atomic E-state index is 12.7. The minimum Gasteiger partial charge on any atom is -0.462 e. The molecule has 0 fully saturated rings. The van der Waals surface area contributed by atoms with Crippen molar-refractivity contribution in [1.29, 1.82) is 0 Å². The van der Waals surface area contributed by atoms with E-state index >= 15 is 0 Å². The van der Waals surface area contributed by atoms with Crippen LogP contribution in [0.15, 0.2) is 72.9 Å². The summed E-state index contributed by atoms with van der Waals surface area (Å²) < 4.78 is 33.0. The maximum atomic E-state index is 12.7. The van der Waals surface area contributed by atoms with Crippen molar-refractivity contribution in [2.24, 2.45) is 5.73 Å². The third-order valence-corrected chi connectivity index (χ3v) is 13.3. The molecule has 0 rings (SSSR count). The molecule has 0 aliphatic heterocycles. The molecule has 0 saturated carbocycles. The van der Waals surface area contributed by atoms with E-state index in [1.165, 1.54) is 141 Å². The van der Waals surface area contributed by atoms with Gasteiger partial charge in [-0.3, -0.25) is 18.6 Å². The zero-order chi connectivity index (χ0) is 51.0. The fourth-order valence-corrected chi connectivity index (χ4v) is 8.84. The van der Waals surface area contributed by atoms with Gasteiger partial charge >= 0.3 is 19.8 Å². The van der Waals surface area contributed by atoms with Crippen LogP contribution in [0.3, 0.4) is 0 Å². The summed E-state index contributed by atoms with van der Waals surface area (Å²) in [6.07, 6.45) is 71.1. The second-order valence-electron chi connectivity index (χ2n) is 19.1. The van der Waals surface area contributed by atoms with Gasteiger partial charge in [-0.05, 0) is 83.5 Å². The van der Waals surface area contributed by atoms with Gasteiger partial charge in [0.25, 0.3) is 0 Å². The van der Waals surface area contributed by atoms with E-state index in [1.807, 2.05) is 0 Å². The number of ether oxygens (including phenoxy) is 2. The molecule has 0 aromatic carbocycles. The van der Waals surface area contributed by atoms with E-state index in [2.05, 4.69) is 86.8 Å². The van der Waals surface area contributed by atoms with Crippen molar-refractivity contribution in [2.45, 2.75) is 270 Å². The molecule has 0 saturated heterocycles. The number of carbonyl (C=O) groups excluding carboxylic acids is 2. The molecule has 2 atom stereocenters. The second-order valence-corrected chi connectivity index (χ2v) is 20.6. The van der Waals surface area contributed by atoms with Crippen LogP contribution in [-0.4, -0.2) is 49.3 Å². The van der Waals surface area contributed by atoms with Gasteiger partial charge in [0.1, 0.15) is 6.61 Å². The minimum absolute atomic E-state index is 0.0515. The topological polar surface area (TPSA) is 134 Å². The fraction of sp³-hybridized carbons (Fsp3) is 0.767. The molecule has 0 aliphatic rings. The molecule has 9 nitrogen and oxygen atoms in total. The van der Waals surface area contributed by atoms with E-state index in [4.69, 9.17) is 24.3 Å². The number of esters is 2. The summed E-state index contributed by atoms with van der Waals surface area (Å²) in [4.78, 5) is 35.1. The Morgan fingerprint density at radius 1 is 0.443 bits per heavy atom. The van der Waals surface area contributed by atoms with Gasteiger partial charge in [0.05, 0.1) is 13.2 Å². The van der Waals surface area contributed by atoms with Crippen molar-refractivity contribution in [3.05, 3.63) is 72.9 Å². The Morgan fingerprint density at radius 3 is 1.19 bits per heavy atom. The highest BCUT2D eigenvalue weighted by atomic mass is 31.2. The standard InChI is InChI=1S/C60H108NO8P/c1-3-5-7-9-11-13-15-17-19-21-22-23-24-25-26-27-28-29-30-31-32-33-34-35-36-37-39-41-43-45-47-49-51-53-60(63)69-58(57-68-70(64,65)67-55-54-61)56-66-59(62)52-50-48-46-44-42-40-38-20-18-16-14-12-10-8-6-4-2/h5,7,11,13,17,19-20,22-23,25-26,38,58H,3-4,6,8-10,12,14-16,18,21,24,27-37,39-57,61H2,1-2H3,(H,64,65)/b7-5-,13-11-,19-17-,23-22-,26-25-,38-20-. The molecular formula is C60H108NO8P. The first-order valence-corrected chi connectivity index (χ1v) is 30.4. The lowest BCUT2D eigenvalue weighted by atomic mass is 10.0. The highest BCUT2D eigenvalue weighted by Gasteiger charge is 2.26. The molecule has 0 amide bonds.